The highest BCUT2D eigenvalue weighted by Gasteiger charge is 2.44. The lowest BCUT2D eigenvalue weighted by atomic mass is 9.99. The van der Waals surface area contributed by atoms with Crippen LogP contribution in [0.15, 0.2) is 85.1 Å². The van der Waals surface area contributed by atoms with Crippen LogP contribution in [-0.2, 0) is 14.3 Å². The third-order valence-electron chi connectivity index (χ3n) is 12.7. The average Bonchev–Trinajstić information content (AvgIpc) is 3.34. The standard InChI is InChI=1S/C59H103NO8/c1-3-5-7-9-11-13-15-16-17-18-19-20-21-22-23-24-25-26-27-28-29-30-31-32-33-34-35-36-37-38-39-41-43-45-47-49-55(63)60-52(51-67-59-58(66)57(65)56(64)54(50-61)68-59)53(62)48-46-44-42-40-14-12-10-8-6-4-2/h5,7,11,13,16-17,19-20,22-23,25-26,46,48,52-54,56-59,61-62,64-66H,3-4,6,8-10,12,14-15,18,21,24,27-45,47,49-51H2,1-2H3,(H,60,63)/b7-5-,13-11-,17-16-,20-19-,23-22-,26-25-,48-46+. The van der Waals surface area contributed by atoms with Crippen molar-refractivity contribution in [2.45, 2.75) is 269 Å². The molecule has 1 fully saturated rings. The topological polar surface area (TPSA) is 149 Å². The maximum absolute atomic E-state index is 13.0. The number of aliphatic hydroxyl groups excluding tert-OH is 5. The molecule has 392 valence electrons. The van der Waals surface area contributed by atoms with Crippen LogP contribution in [0.1, 0.15) is 226 Å². The number of allylic oxidation sites excluding steroid dienone is 13. The summed E-state index contributed by atoms with van der Waals surface area (Å²) in [6, 6.07) is -0.806. The third-order valence-corrected chi connectivity index (χ3v) is 12.7. The lowest BCUT2D eigenvalue weighted by Gasteiger charge is -2.40. The SMILES string of the molecule is CC/C=C\C/C=C\C/C=C\C/C=C\C/C=C\C/C=C\CCCCCCCCCCCCCCCCCCC(=O)NC(COC1OC(CO)C(O)C(O)C1O)C(O)/C=C/CCCCCCCCCC. The smallest absolute Gasteiger partial charge is 0.220 e. The van der Waals surface area contributed by atoms with Crippen LogP contribution in [0, 0.1) is 0 Å². The zero-order chi connectivity index (χ0) is 49.4. The van der Waals surface area contributed by atoms with Gasteiger partial charge in [0.2, 0.25) is 5.91 Å². The maximum Gasteiger partial charge on any atom is 0.220 e. The van der Waals surface area contributed by atoms with Crippen LogP contribution >= 0.6 is 0 Å². The molecular formula is C59H103NO8. The van der Waals surface area contributed by atoms with Gasteiger partial charge >= 0.3 is 0 Å². The molecule has 7 unspecified atom stereocenters. The fourth-order valence-corrected chi connectivity index (χ4v) is 8.34. The molecule has 1 aliphatic heterocycles. The Bertz CT molecular complexity index is 1340. The van der Waals surface area contributed by atoms with E-state index in [1.54, 1.807) is 6.08 Å². The van der Waals surface area contributed by atoms with Crippen molar-refractivity contribution in [1.29, 1.82) is 0 Å². The van der Waals surface area contributed by atoms with Crippen molar-refractivity contribution in [3.63, 3.8) is 0 Å². The van der Waals surface area contributed by atoms with E-state index in [2.05, 4.69) is 92.1 Å². The van der Waals surface area contributed by atoms with Gasteiger partial charge in [-0.2, -0.15) is 0 Å². The molecular weight excluding hydrogens is 851 g/mol. The molecule has 1 heterocycles. The molecule has 0 radical (unpaired) electrons. The van der Waals surface area contributed by atoms with Crippen molar-refractivity contribution in [3.05, 3.63) is 85.1 Å². The Labute approximate surface area is 416 Å². The van der Waals surface area contributed by atoms with Crippen molar-refractivity contribution in [1.82, 2.24) is 5.32 Å². The molecule has 68 heavy (non-hydrogen) atoms. The molecule has 0 aromatic heterocycles. The highest BCUT2D eigenvalue weighted by atomic mass is 16.7. The van der Waals surface area contributed by atoms with Crippen LogP contribution < -0.4 is 5.32 Å². The second-order valence-corrected chi connectivity index (χ2v) is 19.0. The molecule has 1 saturated heterocycles. The highest BCUT2D eigenvalue weighted by Crippen LogP contribution is 2.23. The highest BCUT2D eigenvalue weighted by molar-refractivity contribution is 5.76. The Morgan fingerprint density at radius 1 is 0.515 bits per heavy atom. The van der Waals surface area contributed by atoms with Gasteiger partial charge in [-0.1, -0.05) is 234 Å². The van der Waals surface area contributed by atoms with Gasteiger partial charge in [-0.05, 0) is 70.6 Å². The minimum absolute atomic E-state index is 0.181. The van der Waals surface area contributed by atoms with Crippen LogP contribution in [0.5, 0.6) is 0 Å². The molecule has 0 saturated carbocycles. The van der Waals surface area contributed by atoms with E-state index in [9.17, 15) is 30.3 Å². The molecule has 1 amide bonds. The summed E-state index contributed by atoms with van der Waals surface area (Å²) < 4.78 is 11.2. The Hall–Kier alpha value is -2.63. The molecule has 9 heteroatoms. The van der Waals surface area contributed by atoms with Gasteiger partial charge in [0.15, 0.2) is 6.29 Å². The lowest BCUT2D eigenvalue weighted by Crippen LogP contribution is -2.60. The summed E-state index contributed by atoms with van der Waals surface area (Å²) >= 11 is 0. The summed E-state index contributed by atoms with van der Waals surface area (Å²) in [4.78, 5) is 13.0. The normalized spacial score (nSPS) is 20.2. The van der Waals surface area contributed by atoms with Gasteiger partial charge in [-0.15, -0.1) is 0 Å². The number of unbranched alkanes of at least 4 members (excludes halogenated alkanes) is 24. The van der Waals surface area contributed by atoms with Crippen LogP contribution in [0.3, 0.4) is 0 Å². The van der Waals surface area contributed by atoms with Gasteiger partial charge in [0.05, 0.1) is 25.4 Å². The monoisotopic (exact) mass is 954 g/mol. The first kappa shape index (κ1) is 63.4. The number of hydrogen-bond acceptors (Lipinski definition) is 8. The minimum atomic E-state index is -1.57. The summed E-state index contributed by atoms with van der Waals surface area (Å²) in [5, 5.41) is 54.2. The Morgan fingerprint density at radius 2 is 0.912 bits per heavy atom. The number of nitrogens with one attached hydrogen (secondary N) is 1. The third kappa shape index (κ3) is 37.2. The first-order chi connectivity index (χ1) is 33.3. The second-order valence-electron chi connectivity index (χ2n) is 19.0. The predicted octanol–water partition coefficient (Wildman–Crippen LogP) is 13.5. The second kappa shape index (κ2) is 48.0. The molecule has 0 aromatic carbocycles. The molecule has 6 N–H and O–H groups in total. The first-order valence-corrected chi connectivity index (χ1v) is 27.8. The summed E-state index contributed by atoms with van der Waals surface area (Å²) in [6.07, 6.45) is 60.9. The first-order valence-electron chi connectivity index (χ1n) is 27.8. The van der Waals surface area contributed by atoms with E-state index in [4.69, 9.17) is 9.47 Å². The predicted molar refractivity (Wildman–Crippen MR) is 285 cm³/mol. The van der Waals surface area contributed by atoms with Crippen LogP contribution in [-0.4, -0.2) is 87.5 Å². The molecule has 0 spiro atoms. The zero-order valence-electron chi connectivity index (χ0n) is 43.3. The summed E-state index contributed by atoms with van der Waals surface area (Å²) in [5.41, 5.74) is 0. The van der Waals surface area contributed by atoms with Gasteiger partial charge in [-0.25, -0.2) is 0 Å². The van der Waals surface area contributed by atoms with Gasteiger partial charge in [-0.3, -0.25) is 4.79 Å². The molecule has 0 bridgehead atoms. The minimum Gasteiger partial charge on any atom is -0.394 e. The number of hydrogen-bond donors (Lipinski definition) is 6. The van der Waals surface area contributed by atoms with Crippen molar-refractivity contribution in [3.8, 4) is 0 Å². The quantitative estimate of drug-likeness (QED) is 0.0261. The van der Waals surface area contributed by atoms with E-state index >= 15 is 0 Å². The number of aliphatic hydroxyl groups is 5. The van der Waals surface area contributed by atoms with Crippen LogP contribution in [0.4, 0.5) is 0 Å². The maximum atomic E-state index is 13.0. The van der Waals surface area contributed by atoms with E-state index in [-0.39, 0.29) is 12.5 Å². The summed E-state index contributed by atoms with van der Waals surface area (Å²) in [7, 11) is 0. The van der Waals surface area contributed by atoms with Gasteiger partial charge < -0.3 is 40.3 Å². The molecule has 0 aromatic rings. The fourth-order valence-electron chi connectivity index (χ4n) is 8.34. The van der Waals surface area contributed by atoms with Crippen LogP contribution in [0.25, 0.3) is 0 Å². The molecule has 9 nitrogen and oxygen atoms in total. The number of rotatable bonds is 46. The Kier molecular flexibility index (Phi) is 44.8. The average molecular weight is 954 g/mol. The number of carbonyl (C=O) groups excluding carboxylic acids is 1. The number of ether oxygens (including phenoxy) is 2. The van der Waals surface area contributed by atoms with E-state index in [1.165, 1.54) is 128 Å². The van der Waals surface area contributed by atoms with Gasteiger partial charge in [0.25, 0.3) is 0 Å². The Morgan fingerprint density at radius 3 is 1.35 bits per heavy atom. The van der Waals surface area contributed by atoms with Crippen molar-refractivity contribution in [2.75, 3.05) is 13.2 Å². The van der Waals surface area contributed by atoms with Crippen molar-refractivity contribution in [2.24, 2.45) is 0 Å². The fraction of sp³-hybridized carbons (Fsp3) is 0.746. The largest absolute Gasteiger partial charge is 0.394 e. The van der Waals surface area contributed by atoms with Crippen molar-refractivity contribution >= 4 is 5.91 Å². The summed E-state index contributed by atoms with van der Waals surface area (Å²) in [6.45, 7) is 3.63. The number of carbonyl (C=O) groups is 1. The Balaban J connectivity index is 2.10. The van der Waals surface area contributed by atoms with Crippen LogP contribution in [0.2, 0.25) is 0 Å². The van der Waals surface area contributed by atoms with E-state index in [0.717, 1.165) is 77.0 Å². The van der Waals surface area contributed by atoms with Crippen molar-refractivity contribution < 1.29 is 39.8 Å². The molecule has 1 rings (SSSR count). The molecule has 0 aliphatic carbocycles. The van der Waals surface area contributed by atoms with E-state index < -0.39 is 49.5 Å². The van der Waals surface area contributed by atoms with E-state index in [0.29, 0.717) is 6.42 Å². The lowest BCUT2D eigenvalue weighted by molar-refractivity contribution is -0.302. The van der Waals surface area contributed by atoms with Gasteiger partial charge in [0.1, 0.15) is 24.4 Å². The zero-order valence-corrected chi connectivity index (χ0v) is 43.3. The van der Waals surface area contributed by atoms with E-state index in [1.807, 2.05) is 6.08 Å². The molecule has 1 aliphatic rings. The molecule has 7 atom stereocenters. The number of amides is 1. The van der Waals surface area contributed by atoms with Gasteiger partial charge in [0, 0.05) is 6.42 Å². The summed E-state index contributed by atoms with van der Waals surface area (Å²) in [5.74, 6) is -0.181.